The van der Waals surface area contributed by atoms with Crippen molar-refractivity contribution in [1.82, 2.24) is 14.6 Å². The summed E-state index contributed by atoms with van der Waals surface area (Å²) in [5, 5.41) is 5.89. The molecule has 5 aromatic rings. The van der Waals surface area contributed by atoms with Crippen LogP contribution in [0, 0.1) is 0 Å². The average molecular weight is 385 g/mol. The van der Waals surface area contributed by atoms with Crippen molar-refractivity contribution in [3.63, 3.8) is 0 Å². The molecule has 2 aromatic heterocycles. The third-order valence-corrected chi connectivity index (χ3v) is 4.90. The molecule has 0 spiro atoms. The van der Waals surface area contributed by atoms with E-state index in [0.29, 0.717) is 5.75 Å². The van der Waals surface area contributed by atoms with Crippen LogP contribution in [0.25, 0.3) is 38.7 Å². The van der Waals surface area contributed by atoms with E-state index in [-0.39, 0.29) is 6.79 Å². The molecule has 0 aliphatic carbocycles. The van der Waals surface area contributed by atoms with Crippen LogP contribution in [0.4, 0.5) is 0 Å². The summed E-state index contributed by atoms with van der Waals surface area (Å²) in [6, 6.07) is 21.8. The van der Waals surface area contributed by atoms with Crippen LogP contribution >= 0.6 is 0 Å². The van der Waals surface area contributed by atoms with Crippen molar-refractivity contribution in [2.24, 2.45) is 0 Å². The van der Waals surface area contributed by atoms with E-state index in [9.17, 15) is 0 Å². The standard InChI is InChI=1S/C23H19N3O3/c1-27-14-29-17-9-11-21-20(13-17)24-22(15-6-4-3-5-7-15)23-18-10-8-16(28-2)12-19(18)25-26(21)23/h3-13H,14H2,1-2H3. The predicted molar refractivity (Wildman–Crippen MR) is 112 cm³/mol. The molecule has 6 nitrogen and oxygen atoms in total. The summed E-state index contributed by atoms with van der Waals surface area (Å²) in [5.74, 6) is 1.47. The second kappa shape index (κ2) is 7.07. The molecular formula is C23H19N3O3. The maximum absolute atomic E-state index is 5.60. The Labute approximate surface area is 167 Å². The first-order valence-electron chi connectivity index (χ1n) is 9.26. The molecule has 0 bridgehead atoms. The van der Waals surface area contributed by atoms with Gasteiger partial charge in [-0.2, -0.15) is 5.10 Å². The van der Waals surface area contributed by atoms with Crippen molar-refractivity contribution in [2.45, 2.75) is 0 Å². The van der Waals surface area contributed by atoms with Gasteiger partial charge in [-0.3, -0.25) is 0 Å². The van der Waals surface area contributed by atoms with E-state index in [1.165, 1.54) is 0 Å². The van der Waals surface area contributed by atoms with E-state index in [4.69, 9.17) is 24.3 Å². The van der Waals surface area contributed by atoms with Crippen molar-refractivity contribution in [3.8, 4) is 22.8 Å². The summed E-state index contributed by atoms with van der Waals surface area (Å²) in [4.78, 5) is 4.99. The van der Waals surface area contributed by atoms with Gasteiger partial charge in [0.15, 0.2) is 6.79 Å². The topological polar surface area (TPSA) is 57.9 Å². The zero-order chi connectivity index (χ0) is 19.8. The number of hydrogen-bond donors (Lipinski definition) is 0. The van der Waals surface area contributed by atoms with Crippen LogP contribution in [0.2, 0.25) is 0 Å². The van der Waals surface area contributed by atoms with E-state index in [1.54, 1.807) is 14.2 Å². The van der Waals surface area contributed by atoms with Crippen LogP contribution < -0.4 is 9.47 Å². The Morgan fingerprint density at radius 2 is 1.66 bits per heavy atom. The zero-order valence-corrected chi connectivity index (χ0v) is 16.1. The molecule has 29 heavy (non-hydrogen) atoms. The largest absolute Gasteiger partial charge is 0.497 e. The van der Waals surface area contributed by atoms with E-state index < -0.39 is 0 Å². The minimum atomic E-state index is 0.185. The van der Waals surface area contributed by atoms with Crippen LogP contribution in [0.15, 0.2) is 66.7 Å². The molecule has 0 radical (unpaired) electrons. The Morgan fingerprint density at radius 1 is 0.862 bits per heavy atom. The fourth-order valence-corrected chi connectivity index (χ4v) is 3.55. The molecule has 0 fully saturated rings. The minimum absolute atomic E-state index is 0.185. The van der Waals surface area contributed by atoms with Crippen molar-refractivity contribution >= 4 is 27.5 Å². The monoisotopic (exact) mass is 385 g/mol. The number of rotatable bonds is 5. The van der Waals surface area contributed by atoms with Gasteiger partial charge in [-0.1, -0.05) is 30.3 Å². The van der Waals surface area contributed by atoms with Crippen LogP contribution in [0.1, 0.15) is 0 Å². The Bertz CT molecular complexity index is 1330. The molecule has 3 aromatic carbocycles. The first-order valence-corrected chi connectivity index (χ1v) is 9.26. The first-order chi connectivity index (χ1) is 14.3. The molecule has 0 aliphatic heterocycles. The average Bonchev–Trinajstić information content (AvgIpc) is 3.16. The third kappa shape index (κ3) is 2.94. The highest BCUT2D eigenvalue weighted by atomic mass is 16.7. The molecule has 6 heteroatoms. The highest BCUT2D eigenvalue weighted by Crippen LogP contribution is 2.34. The highest BCUT2D eigenvalue weighted by Gasteiger charge is 2.16. The number of aromatic nitrogens is 3. The van der Waals surface area contributed by atoms with Crippen molar-refractivity contribution in [1.29, 1.82) is 0 Å². The maximum atomic E-state index is 5.60. The normalized spacial score (nSPS) is 11.4. The fraction of sp³-hybridized carbons (Fsp3) is 0.130. The summed E-state index contributed by atoms with van der Waals surface area (Å²) in [6.07, 6.45) is 0. The van der Waals surface area contributed by atoms with Crippen molar-refractivity contribution in [2.75, 3.05) is 21.0 Å². The van der Waals surface area contributed by atoms with E-state index in [0.717, 1.165) is 44.5 Å². The van der Waals surface area contributed by atoms with Gasteiger partial charge in [0.25, 0.3) is 0 Å². The van der Waals surface area contributed by atoms with Crippen LogP contribution in [0.5, 0.6) is 11.5 Å². The molecule has 0 unspecified atom stereocenters. The lowest BCUT2D eigenvalue weighted by atomic mass is 10.1. The van der Waals surface area contributed by atoms with Crippen LogP contribution in [-0.4, -0.2) is 35.6 Å². The lowest BCUT2D eigenvalue weighted by Gasteiger charge is -2.10. The maximum Gasteiger partial charge on any atom is 0.188 e. The summed E-state index contributed by atoms with van der Waals surface area (Å²) in [6.45, 7) is 0.185. The van der Waals surface area contributed by atoms with Gasteiger partial charge < -0.3 is 14.2 Å². The molecule has 0 aliphatic rings. The quantitative estimate of drug-likeness (QED) is 0.411. The van der Waals surface area contributed by atoms with Gasteiger partial charge in [0, 0.05) is 30.2 Å². The second-order valence-electron chi connectivity index (χ2n) is 6.67. The van der Waals surface area contributed by atoms with Gasteiger partial charge in [-0.25, -0.2) is 9.50 Å². The summed E-state index contributed by atoms with van der Waals surface area (Å²) in [7, 11) is 3.25. The van der Waals surface area contributed by atoms with E-state index in [1.807, 2.05) is 59.1 Å². The molecule has 144 valence electrons. The SMILES string of the molecule is COCOc1ccc2c(c1)nc(-c1ccccc1)c1c3ccc(OC)cc3nn21. The number of hydrogen-bond acceptors (Lipinski definition) is 5. The van der Waals surface area contributed by atoms with Gasteiger partial charge in [-0.15, -0.1) is 0 Å². The molecule has 0 saturated heterocycles. The first kappa shape index (κ1) is 17.5. The number of fused-ring (bicyclic) bond motifs is 5. The van der Waals surface area contributed by atoms with E-state index >= 15 is 0 Å². The van der Waals surface area contributed by atoms with Gasteiger partial charge >= 0.3 is 0 Å². The second-order valence-corrected chi connectivity index (χ2v) is 6.67. The van der Waals surface area contributed by atoms with Crippen LogP contribution in [0.3, 0.4) is 0 Å². The fourth-order valence-electron chi connectivity index (χ4n) is 3.55. The van der Waals surface area contributed by atoms with Gasteiger partial charge in [-0.05, 0) is 24.3 Å². The predicted octanol–water partition coefficient (Wildman–Crippen LogP) is 4.69. The Morgan fingerprint density at radius 3 is 2.45 bits per heavy atom. The number of methoxy groups -OCH3 is 2. The van der Waals surface area contributed by atoms with Crippen molar-refractivity contribution in [3.05, 3.63) is 66.7 Å². The lowest BCUT2D eigenvalue weighted by molar-refractivity contribution is 0.0512. The molecule has 0 amide bonds. The number of ether oxygens (including phenoxy) is 3. The number of benzene rings is 3. The van der Waals surface area contributed by atoms with Gasteiger partial charge in [0.2, 0.25) is 0 Å². The van der Waals surface area contributed by atoms with Crippen molar-refractivity contribution < 1.29 is 14.2 Å². The molecule has 0 atom stereocenters. The number of nitrogens with zero attached hydrogens (tertiary/aromatic N) is 3. The zero-order valence-electron chi connectivity index (χ0n) is 16.1. The summed E-state index contributed by atoms with van der Waals surface area (Å²) in [5.41, 5.74) is 5.42. The smallest absolute Gasteiger partial charge is 0.188 e. The summed E-state index contributed by atoms with van der Waals surface area (Å²) >= 11 is 0. The molecule has 2 heterocycles. The Kier molecular flexibility index (Phi) is 4.26. The molecular weight excluding hydrogens is 366 g/mol. The molecule has 0 saturated carbocycles. The van der Waals surface area contributed by atoms with E-state index in [2.05, 4.69) is 12.1 Å². The van der Waals surface area contributed by atoms with Gasteiger partial charge in [0.05, 0.1) is 29.4 Å². The molecule has 0 N–H and O–H groups in total. The Balaban J connectivity index is 1.86. The molecule has 5 rings (SSSR count). The lowest BCUT2D eigenvalue weighted by Crippen LogP contribution is -2.00. The highest BCUT2D eigenvalue weighted by molar-refractivity contribution is 6.04. The van der Waals surface area contributed by atoms with Gasteiger partial charge in [0.1, 0.15) is 17.0 Å². The van der Waals surface area contributed by atoms with Crippen LogP contribution in [-0.2, 0) is 4.74 Å². The Hall–Kier alpha value is -3.64. The summed E-state index contributed by atoms with van der Waals surface area (Å²) < 4.78 is 17.9. The third-order valence-electron chi connectivity index (χ3n) is 4.90. The minimum Gasteiger partial charge on any atom is -0.497 e.